The van der Waals surface area contributed by atoms with Crippen molar-refractivity contribution >= 4 is 5.91 Å². The maximum absolute atomic E-state index is 12.3. The van der Waals surface area contributed by atoms with Crippen LogP contribution < -0.4 is 14.8 Å². The number of hydrogen-bond acceptors (Lipinski definition) is 5. The number of fused-ring (bicyclic) bond motifs is 3. The Bertz CT molecular complexity index is 1130. The Morgan fingerprint density at radius 2 is 1.94 bits per heavy atom. The second-order valence-corrected chi connectivity index (χ2v) is 9.22. The van der Waals surface area contributed by atoms with E-state index in [0.29, 0.717) is 30.2 Å². The zero-order valence-electron chi connectivity index (χ0n) is 19.8. The van der Waals surface area contributed by atoms with Crippen LogP contribution in [0.3, 0.4) is 0 Å². The second-order valence-electron chi connectivity index (χ2n) is 9.22. The zero-order valence-corrected chi connectivity index (χ0v) is 19.8. The van der Waals surface area contributed by atoms with Crippen LogP contribution in [0.5, 0.6) is 11.5 Å². The lowest BCUT2D eigenvalue weighted by molar-refractivity contribution is -0.123. The van der Waals surface area contributed by atoms with Gasteiger partial charge in [0.05, 0.1) is 12.8 Å². The molecular formula is C27H32N4O3. The van der Waals surface area contributed by atoms with Gasteiger partial charge in [0.2, 0.25) is 0 Å². The summed E-state index contributed by atoms with van der Waals surface area (Å²) in [5, 5.41) is 7.89. The van der Waals surface area contributed by atoms with Crippen molar-refractivity contribution in [2.75, 3.05) is 33.4 Å². The largest absolute Gasteiger partial charge is 0.496 e. The van der Waals surface area contributed by atoms with Crippen LogP contribution in [0.25, 0.3) is 11.3 Å². The molecule has 7 nitrogen and oxygen atoms in total. The van der Waals surface area contributed by atoms with Gasteiger partial charge in [0, 0.05) is 43.4 Å². The summed E-state index contributed by atoms with van der Waals surface area (Å²) in [6.45, 7) is 2.79. The summed E-state index contributed by atoms with van der Waals surface area (Å²) < 4.78 is 13.1. The van der Waals surface area contributed by atoms with Gasteiger partial charge in [-0.25, -0.2) is 0 Å². The van der Waals surface area contributed by atoms with Crippen LogP contribution in [0, 0.1) is 5.92 Å². The first-order valence-electron chi connectivity index (χ1n) is 12.0. The van der Waals surface area contributed by atoms with E-state index in [9.17, 15) is 4.79 Å². The number of methoxy groups -OCH3 is 1. The molecule has 4 heterocycles. The lowest BCUT2D eigenvalue weighted by Gasteiger charge is -2.49. The molecule has 0 saturated carbocycles. The van der Waals surface area contributed by atoms with Crippen molar-refractivity contribution in [1.82, 2.24) is 20.0 Å². The van der Waals surface area contributed by atoms with Gasteiger partial charge in [-0.3, -0.25) is 14.4 Å². The predicted molar refractivity (Wildman–Crippen MR) is 131 cm³/mol. The number of nitrogens with zero attached hydrogens (tertiary/aromatic N) is 3. The van der Waals surface area contributed by atoms with Crippen molar-refractivity contribution in [2.45, 2.75) is 24.8 Å². The van der Waals surface area contributed by atoms with Gasteiger partial charge in [-0.1, -0.05) is 30.3 Å². The molecule has 1 aromatic heterocycles. The van der Waals surface area contributed by atoms with Crippen molar-refractivity contribution < 1.29 is 14.3 Å². The SMILES string of the molecule is COc1ccccc1-c1cc([C@H]2CN3CC[C@H]2C[C@@H]3CNC(=O)COc2ccccc2)n(C)n1. The molecule has 3 aromatic rings. The van der Waals surface area contributed by atoms with E-state index in [2.05, 4.69) is 22.3 Å². The Balaban J connectivity index is 1.20. The molecule has 0 spiro atoms. The molecule has 178 valence electrons. The standard InChI is InChI=1S/C27H32N4O3/c1-30-25(15-24(29-30)22-10-6-7-11-26(22)33-2)23-17-31-13-12-19(23)14-20(31)16-28-27(32)18-34-21-8-4-3-5-9-21/h3-11,15,19-20,23H,12-14,16-18H2,1-2H3,(H,28,32)/t19-,20+,23-/m0/s1. The molecule has 3 aliphatic rings. The van der Waals surface area contributed by atoms with Crippen LogP contribution in [0.2, 0.25) is 0 Å². The minimum Gasteiger partial charge on any atom is -0.496 e. The number of ether oxygens (including phenoxy) is 2. The zero-order chi connectivity index (χ0) is 23.5. The summed E-state index contributed by atoms with van der Waals surface area (Å²) >= 11 is 0. The summed E-state index contributed by atoms with van der Waals surface area (Å²) in [7, 11) is 3.74. The van der Waals surface area contributed by atoms with Crippen LogP contribution >= 0.6 is 0 Å². The van der Waals surface area contributed by atoms with E-state index >= 15 is 0 Å². The van der Waals surface area contributed by atoms with Crippen molar-refractivity contribution in [3.05, 3.63) is 66.4 Å². The van der Waals surface area contributed by atoms with E-state index in [4.69, 9.17) is 14.6 Å². The Morgan fingerprint density at radius 3 is 2.71 bits per heavy atom. The maximum atomic E-state index is 12.3. The van der Waals surface area contributed by atoms with E-state index in [1.165, 1.54) is 12.1 Å². The van der Waals surface area contributed by atoms with Crippen molar-refractivity contribution in [3.63, 3.8) is 0 Å². The van der Waals surface area contributed by atoms with E-state index in [0.717, 1.165) is 36.5 Å². The third-order valence-corrected chi connectivity index (χ3v) is 7.21. The number of piperidine rings is 3. The molecule has 0 radical (unpaired) electrons. The number of aromatic nitrogens is 2. The highest BCUT2D eigenvalue weighted by Crippen LogP contribution is 2.42. The summed E-state index contributed by atoms with van der Waals surface area (Å²) in [6.07, 6.45) is 2.26. The minimum absolute atomic E-state index is 0.0452. The number of rotatable bonds is 8. The predicted octanol–water partition coefficient (Wildman–Crippen LogP) is 3.47. The highest BCUT2D eigenvalue weighted by Gasteiger charge is 2.41. The first kappa shape index (κ1) is 22.5. The Kier molecular flexibility index (Phi) is 6.54. The van der Waals surface area contributed by atoms with Crippen molar-refractivity contribution in [1.29, 1.82) is 0 Å². The van der Waals surface area contributed by atoms with Gasteiger partial charge >= 0.3 is 0 Å². The molecule has 3 aliphatic heterocycles. The number of carbonyl (C=O) groups is 1. The highest BCUT2D eigenvalue weighted by molar-refractivity contribution is 5.77. The Hall–Kier alpha value is -3.32. The molecular weight excluding hydrogens is 428 g/mol. The quantitative estimate of drug-likeness (QED) is 0.558. The molecule has 4 atom stereocenters. The van der Waals surface area contributed by atoms with Gasteiger partial charge in [-0.2, -0.15) is 5.10 Å². The number of benzene rings is 2. The number of carbonyl (C=O) groups excluding carboxylic acids is 1. The topological polar surface area (TPSA) is 68.6 Å². The molecule has 1 unspecified atom stereocenters. The number of para-hydroxylation sites is 2. The summed E-state index contributed by atoms with van der Waals surface area (Å²) in [5.74, 6) is 2.52. The van der Waals surface area contributed by atoms with E-state index in [1.54, 1.807) is 7.11 Å². The molecule has 3 saturated heterocycles. The summed E-state index contributed by atoms with van der Waals surface area (Å²) in [4.78, 5) is 14.8. The molecule has 3 fully saturated rings. The van der Waals surface area contributed by atoms with Crippen LogP contribution in [0.1, 0.15) is 24.5 Å². The maximum Gasteiger partial charge on any atom is 0.257 e. The fraction of sp³-hybridized carbons (Fsp3) is 0.407. The molecule has 0 aliphatic carbocycles. The first-order chi connectivity index (χ1) is 16.6. The molecule has 34 heavy (non-hydrogen) atoms. The fourth-order valence-corrected chi connectivity index (χ4v) is 5.45. The molecule has 1 N–H and O–H groups in total. The van der Waals surface area contributed by atoms with Gasteiger partial charge in [0.1, 0.15) is 11.5 Å². The first-order valence-corrected chi connectivity index (χ1v) is 12.0. The lowest BCUT2D eigenvalue weighted by Crippen LogP contribution is -2.56. The van der Waals surface area contributed by atoms with Crippen LogP contribution in [-0.2, 0) is 11.8 Å². The Labute approximate surface area is 200 Å². The molecule has 6 rings (SSSR count). The van der Waals surface area contributed by atoms with Gasteiger partial charge in [0.25, 0.3) is 5.91 Å². The number of aryl methyl sites for hydroxylation is 1. The van der Waals surface area contributed by atoms with Crippen molar-refractivity contribution in [2.24, 2.45) is 13.0 Å². The highest BCUT2D eigenvalue weighted by atomic mass is 16.5. The van der Waals surface area contributed by atoms with Crippen LogP contribution in [0.4, 0.5) is 0 Å². The normalized spacial score (nSPS) is 23.5. The molecule has 1 amide bonds. The lowest BCUT2D eigenvalue weighted by atomic mass is 9.74. The average molecular weight is 461 g/mol. The van der Waals surface area contributed by atoms with Gasteiger partial charge in [-0.15, -0.1) is 0 Å². The molecule has 7 heteroatoms. The molecule has 2 bridgehead atoms. The Morgan fingerprint density at radius 1 is 1.15 bits per heavy atom. The monoisotopic (exact) mass is 460 g/mol. The number of hydrogen-bond donors (Lipinski definition) is 1. The minimum atomic E-state index is -0.0730. The van der Waals surface area contributed by atoms with Crippen LogP contribution in [-0.4, -0.2) is 60.0 Å². The third-order valence-electron chi connectivity index (χ3n) is 7.21. The fourth-order valence-electron chi connectivity index (χ4n) is 5.45. The third kappa shape index (κ3) is 4.66. The average Bonchev–Trinajstić information content (AvgIpc) is 3.28. The van der Waals surface area contributed by atoms with Gasteiger partial charge in [-0.05, 0) is 55.6 Å². The number of amides is 1. The van der Waals surface area contributed by atoms with Crippen LogP contribution in [0.15, 0.2) is 60.7 Å². The number of nitrogens with one attached hydrogen (secondary N) is 1. The van der Waals surface area contributed by atoms with Gasteiger partial charge < -0.3 is 14.8 Å². The van der Waals surface area contributed by atoms with Gasteiger partial charge in [0.15, 0.2) is 6.61 Å². The molecule has 2 aromatic carbocycles. The van der Waals surface area contributed by atoms with E-state index < -0.39 is 0 Å². The smallest absolute Gasteiger partial charge is 0.257 e. The summed E-state index contributed by atoms with van der Waals surface area (Å²) in [5.41, 5.74) is 3.24. The summed E-state index contributed by atoms with van der Waals surface area (Å²) in [6, 6.07) is 20.1. The van der Waals surface area contributed by atoms with E-state index in [1.807, 2.05) is 60.3 Å². The van der Waals surface area contributed by atoms with Crippen molar-refractivity contribution in [3.8, 4) is 22.8 Å². The second kappa shape index (κ2) is 9.89. The van der Waals surface area contributed by atoms with E-state index in [-0.39, 0.29) is 12.5 Å².